The van der Waals surface area contributed by atoms with Crippen LogP contribution in [0.15, 0.2) is 107 Å². The van der Waals surface area contributed by atoms with Crippen molar-refractivity contribution in [2.24, 2.45) is 0 Å². The molecule has 0 aliphatic carbocycles. The van der Waals surface area contributed by atoms with Gasteiger partial charge in [-0.3, -0.25) is 29.3 Å². The number of carbonyl (C=O) groups excluding carboxylic acids is 3. The summed E-state index contributed by atoms with van der Waals surface area (Å²) in [5, 5.41) is -2.31. The van der Waals surface area contributed by atoms with E-state index in [2.05, 4.69) is 64.6 Å². The number of halogens is 15. The zero-order valence-corrected chi connectivity index (χ0v) is 75.0. The van der Waals surface area contributed by atoms with E-state index < -0.39 is 153 Å². The molecular weight excluding hydrogens is 1810 g/mol. The fourth-order valence-corrected chi connectivity index (χ4v) is 17.1. The SMILES string of the molecule is C=CC(=O)N1CCN(c2nc(=O)n(-c3c(C)ccnc3C(C)C)c3nc(-c4c(F)c(F)c(F)c(N)c4Cl)c(F)cc23)C[C@H]1C.C=CC(=O)N1CCN(c2nc(=O)n(-c3c(C)ccnc3C(C)C)c3nc(-c4c(F)c(N)c(F)c(F)c4F)c(F)cc23)C[C@H]1C.C=CC(=O)N1CCN(c2nc(=O)n(-c3c(C)ccnc3C(C)C)c3nc(-c4c(N)c(Cl)c(F)c(Cl)c4F)c(F)cc23)C[C@H]1C. The van der Waals surface area contributed by atoms with Gasteiger partial charge in [-0.2, -0.15) is 15.0 Å². The standard InChI is InChI=1S/C30H28Cl2F3N7O2.C30H28ClF4N7O2.C30H28F5N7O2/c1-6-18(43)41-10-9-40(12-15(41)5)28-16-11-17(33)26(19-22(34)20(31)23(35)21(32)24(19)36)38-29(16)42(30(44)39-28)27-14(4)7-8-37-25(27)13(2)3;1-6-18(43)41-10-9-40(12-15(41)5)28-16-11-17(32)26(19-20(31)24(36)23(35)22(34)21(19)33)38-29(16)42(30(44)39-28)27-14(4)7-8-37-25(27)13(2)3;1-6-18(43)41-10-9-40(12-15(41)5)28-16-11-17(31)26(19-20(32)22(34)23(35)24(36)21(19)33)38-29(16)42(30(44)39-28)27-14(4)7-8-37-25(27)13(2)3/h3*6-8,11,13,15H,1,9-10,12,36H2,2-5H3/t3*15-/m111/s1. The molecule has 0 saturated carbocycles. The van der Waals surface area contributed by atoms with Crippen LogP contribution in [0.1, 0.15) is 114 Å². The number of nitrogens with zero attached hydrogens (tertiary/aromatic N) is 18. The quantitative estimate of drug-likeness (QED) is 0.0282. The molecule has 3 saturated heterocycles. The Kier molecular flexibility index (Phi) is 27.4. The van der Waals surface area contributed by atoms with Gasteiger partial charge >= 0.3 is 17.1 Å². The van der Waals surface area contributed by atoms with Gasteiger partial charge in [0.05, 0.1) is 83.4 Å². The number of amides is 3. The Morgan fingerprint density at radius 3 is 1.00 bits per heavy atom. The predicted molar refractivity (Wildman–Crippen MR) is 480 cm³/mol. The van der Waals surface area contributed by atoms with Gasteiger partial charge in [-0.1, -0.05) is 96.1 Å². The van der Waals surface area contributed by atoms with Gasteiger partial charge in [0.25, 0.3) is 0 Å². The molecule has 0 radical (unpaired) electrons. The molecule has 15 rings (SSSR count). The highest BCUT2D eigenvalue weighted by Crippen LogP contribution is 2.46. The lowest BCUT2D eigenvalue weighted by atomic mass is 10.0. The van der Waals surface area contributed by atoms with Crippen molar-refractivity contribution < 1.29 is 67.1 Å². The maximum absolute atomic E-state index is 16.0. The van der Waals surface area contributed by atoms with Crippen molar-refractivity contribution in [3.63, 3.8) is 0 Å². The first-order chi connectivity index (χ1) is 62.3. The molecule has 9 aromatic heterocycles. The lowest BCUT2D eigenvalue weighted by Crippen LogP contribution is -2.54. The number of hydrogen-bond donors (Lipinski definition) is 3. The number of piperazine rings is 3. The summed E-state index contributed by atoms with van der Waals surface area (Å²) < 4.78 is 183. The van der Waals surface area contributed by atoms with Crippen molar-refractivity contribution in [3.8, 4) is 50.8 Å². The van der Waals surface area contributed by atoms with Crippen molar-refractivity contribution in [2.75, 3.05) is 90.8 Å². The van der Waals surface area contributed by atoms with Crippen LogP contribution >= 0.6 is 34.8 Å². The van der Waals surface area contributed by atoms with Crippen LogP contribution in [0.25, 0.3) is 83.9 Å². The minimum atomic E-state index is -2.11. The molecule has 12 aromatic rings. The number of anilines is 6. The number of nitrogens with two attached hydrogens (primary N) is 3. The average Bonchev–Trinajstić information content (AvgIpc) is 0.736. The van der Waals surface area contributed by atoms with E-state index >= 15 is 26.3 Å². The van der Waals surface area contributed by atoms with Gasteiger partial charge in [-0.25, -0.2) is 95.7 Å². The Morgan fingerprint density at radius 2 is 0.689 bits per heavy atom. The first kappa shape index (κ1) is 96.0. The van der Waals surface area contributed by atoms with Gasteiger partial charge in [0.15, 0.2) is 86.7 Å². The van der Waals surface area contributed by atoms with Crippen LogP contribution in [-0.2, 0) is 14.4 Å². The third kappa shape index (κ3) is 17.1. The summed E-state index contributed by atoms with van der Waals surface area (Å²) in [6, 6.07) is 6.95. The fraction of sp³-hybridized carbons (Fsp3) is 0.300. The van der Waals surface area contributed by atoms with Crippen LogP contribution in [0.5, 0.6) is 0 Å². The Labute approximate surface area is 760 Å². The highest BCUT2D eigenvalue weighted by molar-refractivity contribution is 6.37. The van der Waals surface area contributed by atoms with Gasteiger partial charge in [-0.05, 0) is 131 Å². The van der Waals surface area contributed by atoms with Gasteiger partial charge < -0.3 is 46.6 Å². The van der Waals surface area contributed by atoms with Crippen LogP contribution in [0.4, 0.5) is 87.2 Å². The number of carbonyl (C=O) groups is 3. The molecule has 3 aliphatic heterocycles. The van der Waals surface area contributed by atoms with Crippen molar-refractivity contribution in [2.45, 2.75) is 119 Å². The lowest BCUT2D eigenvalue weighted by molar-refractivity contribution is -0.129. The van der Waals surface area contributed by atoms with Crippen LogP contribution in [-0.4, -0.2) is 168 Å². The summed E-state index contributed by atoms with van der Waals surface area (Å²) in [5.41, 5.74) is 9.95. The molecule has 42 heteroatoms. The van der Waals surface area contributed by atoms with Crippen LogP contribution in [0, 0.1) is 90.6 Å². The molecule has 3 amide bonds. The third-order valence-corrected chi connectivity index (χ3v) is 24.0. The zero-order chi connectivity index (χ0) is 96.6. The Bertz CT molecular complexity index is 6310. The maximum atomic E-state index is 16.0. The molecule has 3 fully saturated rings. The van der Waals surface area contributed by atoms with Gasteiger partial charge in [0.2, 0.25) is 17.7 Å². The molecule has 12 heterocycles. The monoisotopic (exact) mass is 1890 g/mol. The Hall–Kier alpha value is -13.6. The van der Waals surface area contributed by atoms with E-state index in [0.717, 1.165) is 27.3 Å². The van der Waals surface area contributed by atoms with Crippen molar-refractivity contribution in [1.82, 2.24) is 73.3 Å². The minimum Gasteiger partial charge on any atom is -0.397 e. The van der Waals surface area contributed by atoms with E-state index in [1.54, 1.807) is 101 Å². The molecule has 3 aliphatic rings. The van der Waals surface area contributed by atoms with E-state index in [0.29, 0.717) is 51.7 Å². The van der Waals surface area contributed by atoms with Gasteiger partial charge in [0.1, 0.15) is 50.3 Å². The van der Waals surface area contributed by atoms with Crippen LogP contribution < -0.4 is 49.0 Å². The molecular formula is C90H84Cl3F12N21O6. The topological polar surface area (TPSA) is 331 Å². The van der Waals surface area contributed by atoms with E-state index in [-0.39, 0.29) is 162 Å². The molecule has 0 bridgehead atoms. The normalized spacial score (nSPS) is 15.4. The number of benzene rings is 3. The number of aromatic nitrogens is 12. The van der Waals surface area contributed by atoms with Gasteiger partial charge in [-0.15, -0.1) is 0 Å². The van der Waals surface area contributed by atoms with E-state index in [1.807, 2.05) is 48.5 Å². The number of nitrogen functional groups attached to an aromatic ring is 3. The molecule has 0 unspecified atom stereocenters. The van der Waals surface area contributed by atoms with Gasteiger partial charge in [0, 0.05) is 95.6 Å². The van der Waals surface area contributed by atoms with Crippen molar-refractivity contribution in [1.29, 1.82) is 0 Å². The summed E-state index contributed by atoms with van der Waals surface area (Å²) in [6.45, 7) is 34.6. The minimum absolute atomic E-state index is 0.00939. The van der Waals surface area contributed by atoms with Crippen molar-refractivity contribution in [3.05, 3.63) is 243 Å². The van der Waals surface area contributed by atoms with Crippen molar-refractivity contribution >= 4 is 120 Å². The molecule has 3 aromatic carbocycles. The van der Waals surface area contributed by atoms with Crippen LogP contribution in [0.3, 0.4) is 0 Å². The number of rotatable bonds is 15. The summed E-state index contributed by atoms with van der Waals surface area (Å²) in [7, 11) is 0. The first-order valence-corrected chi connectivity index (χ1v) is 42.1. The Balaban J connectivity index is 0.000000168. The zero-order valence-electron chi connectivity index (χ0n) is 72.8. The first-order valence-electron chi connectivity index (χ1n) is 41.0. The molecule has 27 nitrogen and oxygen atoms in total. The highest BCUT2D eigenvalue weighted by atomic mass is 35.5. The highest BCUT2D eigenvalue weighted by Gasteiger charge is 2.39. The molecule has 690 valence electrons. The summed E-state index contributed by atoms with van der Waals surface area (Å²) in [4.78, 5) is 128. The number of hydrogen-bond acceptors (Lipinski definition) is 21. The maximum Gasteiger partial charge on any atom is 0.355 e. The summed E-state index contributed by atoms with van der Waals surface area (Å²) in [5.74, 6) is -20.7. The van der Waals surface area contributed by atoms with E-state index in [1.165, 1.54) is 22.8 Å². The number of aryl methyl sites for hydroxylation is 3. The Morgan fingerprint density at radius 1 is 0.386 bits per heavy atom. The van der Waals surface area contributed by atoms with E-state index in [9.17, 15) is 55.1 Å². The van der Waals surface area contributed by atoms with E-state index in [4.69, 9.17) is 52.0 Å². The largest absolute Gasteiger partial charge is 0.397 e. The second-order valence-electron chi connectivity index (χ2n) is 32.5. The lowest BCUT2D eigenvalue weighted by Gasteiger charge is -2.40. The molecule has 6 N–H and O–H groups in total. The molecule has 132 heavy (non-hydrogen) atoms. The second-order valence-corrected chi connectivity index (χ2v) is 33.6. The summed E-state index contributed by atoms with van der Waals surface area (Å²) in [6.07, 6.45) is 8.34. The smallest absolute Gasteiger partial charge is 0.355 e. The molecule has 0 spiro atoms. The predicted octanol–water partition coefficient (Wildman–Crippen LogP) is 15.9. The average molecular weight is 1890 g/mol. The third-order valence-electron chi connectivity index (χ3n) is 22.9. The molecule has 3 atom stereocenters. The second kappa shape index (κ2) is 37.7. The fourth-order valence-electron chi connectivity index (χ4n) is 16.4. The number of fused-ring (bicyclic) bond motifs is 3. The van der Waals surface area contributed by atoms with Crippen LogP contribution in [0.2, 0.25) is 15.1 Å². The number of pyridine rings is 6. The summed E-state index contributed by atoms with van der Waals surface area (Å²) >= 11 is 17.9.